The average Bonchev–Trinajstić information content (AvgIpc) is 2.36. The molecule has 7 nitrogen and oxygen atoms in total. The van der Waals surface area contributed by atoms with Crippen LogP contribution in [0, 0.1) is 0 Å². The Kier molecular flexibility index (Phi) is 5.52. The highest BCUT2D eigenvalue weighted by Gasteiger charge is 2.34. The predicted molar refractivity (Wildman–Crippen MR) is 72.2 cm³/mol. The summed E-state index contributed by atoms with van der Waals surface area (Å²) in [5.74, 6) is -0.939. The van der Waals surface area contributed by atoms with Crippen LogP contribution in [0.5, 0.6) is 0 Å². The lowest BCUT2D eigenvalue weighted by molar-refractivity contribution is -0.164. The first-order valence-corrected chi connectivity index (χ1v) is 7.77. The monoisotopic (exact) mass is 365 g/mol. The molecule has 1 rings (SSSR count). The van der Waals surface area contributed by atoms with E-state index in [1.165, 1.54) is 18.2 Å². The Labute approximate surface area is 124 Å². The SMILES string of the molecule is CCCC(=O)ON(C(=O)O)S(=O)(=O)c1ccccc1Br. The zero-order valence-corrected chi connectivity index (χ0v) is 12.8. The summed E-state index contributed by atoms with van der Waals surface area (Å²) in [5.41, 5.74) is 0. The number of benzene rings is 1. The summed E-state index contributed by atoms with van der Waals surface area (Å²) in [6, 6.07) is 5.62. The van der Waals surface area contributed by atoms with Gasteiger partial charge >= 0.3 is 22.1 Å². The number of sulfonamides is 1. The van der Waals surface area contributed by atoms with Gasteiger partial charge in [-0.2, -0.15) is 8.42 Å². The van der Waals surface area contributed by atoms with Crippen molar-refractivity contribution in [3.63, 3.8) is 0 Å². The van der Waals surface area contributed by atoms with Gasteiger partial charge in [-0.15, -0.1) is 0 Å². The van der Waals surface area contributed by atoms with E-state index in [1.807, 2.05) is 0 Å². The Balaban J connectivity index is 3.17. The van der Waals surface area contributed by atoms with Crippen LogP contribution in [0.15, 0.2) is 33.6 Å². The summed E-state index contributed by atoms with van der Waals surface area (Å²) in [4.78, 5) is 26.4. The standard InChI is InChI=1S/C11H12BrNO6S/c1-2-5-10(14)19-13(11(15)16)20(17,18)9-7-4-3-6-8(9)12/h3-4,6-7H,2,5H2,1H3,(H,15,16). The lowest BCUT2D eigenvalue weighted by Crippen LogP contribution is -2.37. The summed E-state index contributed by atoms with van der Waals surface area (Å²) in [5, 5.41) is 8.93. The Hall–Kier alpha value is -1.61. The highest BCUT2D eigenvalue weighted by atomic mass is 79.9. The van der Waals surface area contributed by atoms with Crippen LogP contribution < -0.4 is 0 Å². The number of carbonyl (C=O) groups is 2. The number of hydroxylamine groups is 1. The molecule has 0 aliphatic carbocycles. The summed E-state index contributed by atoms with van der Waals surface area (Å²) >= 11 is 3.01. The van der Waals surface area contributed by atoms with Crippen molar-refractivity contribution in [2.45, 2.75) is 24.7 Å². The number of rotatable bonds is 4. The molecule has 0 fully saturated rings. The molecule has 1 aromatic carbocycles. The van der Waals surface area contributed by atoms with Crippen molar-refractivity contribution < 1.29 is 28.0 Å². The maximum absolute atomic E-state index is 12.2. The Morgan fingerprint density at radius 1 is 1.35 bits per heavy atom. The van der Waals surface area contributed by atoms with Crippen molar-refractivity contribution >= 4 is 38.0 Å². The molecule has 0 radical (unpaired) electrons. The van der Waals surface area contributed by atoms with Crippen LogP contribution in [-0.2, 0) is 19.7 Å². The minimum Gasteiger partial charge on any atom is -0.462 e. The normalized spacial score (nSPS) is 10.9. The number of carboxylic acid groups (broad SMARTS) is 1. The molecule has 0 bridgehead atoms. The molecule has 1 N–H and O–H groups in total. The largest absolute Gasteiger partial charge is 0.462 e. The fourth-order valence-electron chi connectivity index (χ4n) is 1.28. The van der Waals surface area contributed by atoms with E-state index in [-0.39, 0.29) is 20.3 Å². The minimum absolute atomic E-state index is 0.0880. The second-order valence-corrected chi connectivity index (χ2v) is 6.23. The zero-order valence-electron chi connectivity index (χ0n) is 10.4. The van der Waals surface area contributed by atoms with Crippen LogP contribution in [0.3, 0.4) is 0 Å². The van der Waals surface area contributed by atoms with E-state index >= 15 is 0 Å². The predicted octanol–water partition coefficient (Wildman–Crippen LogP) is 2.38. The van der Waals surface area contributed by atoms with Crippen molar-refractivity contribution in [2.24, 2.45) is 0 Å². The van der Waals surface area contributed by atoms with Gasteiger partial charge in [-0.25, -0.2) is 9.59 Å². The number of nitrogens with zero attached hydrogens (tertiary/aromatic N) is 1. The molecule has 0 saturated heterocycles. The highest BCUT2D eigenvalue weighted by Crippen LogP contribution is 2.25. The topological polar surface area (TPSA) is 101 Å². The summed E-state index contributed by atoms with van der Waals surface area (Å²) in [6.45, 7) is 1.68. The zero-order chi connectivity index (χ0) is 15.3. The van der Waals surface area contributed by atoms with Crippen LogP contribution in [0.4, 0.5) is 4.79 Å². The van der Waals surface area contributed by atoms with Crippen LogP contribution in [-0.4, -0.2) is 30.1 Å². The maximum Gasteiger partial charge on any atom is 0.456 e. The molecule has 0 aromatic heterocycles. The van der Waals surface area contributed by atoms with Crippen molar-refractivity contribution in [2.75, 3.05) is 0 Å². The van der Waals surface area contributed by atoms with Gasteiger partial charge in [0.1, 0.15) is 4.90 Å². The van der Waals surface area contributed by atoms with Crippen molar-refractivity contribution in [3.05, 3.63) is 28.7 Å². The smallest absolute Gasteiger partial charge is 0.456 e. The first-order chi connectivity index (χ1) is 9.30. The van der Waals surface area contributed by atoms with Crippen molar-refractivity contribution in [3.8, 4) is 0 Å². The van der Waals surface area contributed by atoms with Crippen LogP contribution in [0.1, 0.15) is 19.8 Å². The minimum atomic E-state index is -4.50. The first kappa shape index (κ1) is 16.4. The van der Waals surface area contributed by atoms with Gasteiger partial charge in [0.15, 0.2) is 0 Å². The van der Waals surface area contributed by atoms with Crippen LogP contribution in [0.2, 0.25) is 0 Å². The van der Waals surface area contributed by atoms with Crippen LogP contribution in [0.25, 0.3) is 0 Å². The van der Waals surface area contributed by atoms with Gasteiger partial charge < -0.3 is 9.94 Å². The lowest BCUT2D eigenvalue weighted by atomic mass is 10.3. The molecule has 20 heavy (non-hydrogen) atoms. The Bertz CT molecular complexity index is 615. The second-order valence-electron chi connectivity index (χ2n) is 3.66. The molecule has 9 heteroatoms. The number of halogens is 1. The third-order valence-electron chi connectivity index (χ3n) is 2.13. The molecule has 0 saturated carbocycles. The number of hydrogen-bond donors (Lipinski definition) is 1. The van der Waals surface area contributed by atoms with Gasteiger partial charge in [0.05, 0.1) is 0 Å². The molecular weight excluding hydrogens is 354 g/mol. The van der Waals surface area contributed by atoms with E-state index in [1.54, 1.807) is 13.0 Å². The number of carbonyl (C=O) groups excluding carboxylic acids is 1. The van der Waals surface area contributed by atoms with Gasteiger partial charge in [0, 0.05) is 10.9 Å². The quantitative estimate of drug-likeness (QED) is 0.821. The molecule has 1 amide bonds. The van der Waals surface area contributed by atoms with Crippen LogP contribution >= 0.6 is 15.9 Å². The number of amides is 1. The molecular formula is C11H12BrNO6S. The van der Waals surface area contributed by atoms with Gasteiger partial charge in [0.25, 0.3) is 0 Å². The van der Waals surface area contributed by atoms with E-state index in [4.69, 9.17) is 5.11 Å². The Morgan fingerprint density at radius 2 is 1.95 bits per heavy atom. The van der Waals surface area contributed by atoms with E-state index in [0.29, 0.717) is 6.42 Å². The summed E-state index contributed by atoms with van der Waals surface area (Å²) in [6.07, 6.45) is -1.58. The van der Waals surface area contributed by atoms with Gasteiger partial charge in [-0.3, -0.25) is 0 Å². The summed E-state index contributed by atoms with van der Waals surface area (Å²) in [7, 11) is -4.50. The second kappa shape index (κ2) is 6.71. The molecule has 0 spiro atoms. The molecule has 110 valence electrons. The fraction of sp³-hybridized carbons (Fsp3) is 0.273. The molecule has 0 aliphatic rings. The van der Waals surface area contributed by atoms with E-state index in [9.17, 15) is 18.0 Å². The van der Waals surface area contributed by atoms with E-state index in [0.717, 1.165) is 0 Å². The third kappa shape index (κ3) is 3.70. The highest BCUT2D eigenvalue weighted by molar-refractivity contribution is 9.10. The van der Waals surface area contributed by atoms with E-state index in [2.05, 4.69) is 20.8 Å². The summed E-state index contributed by atoms with van der Waals surface area (Å²) < 4.78 is 24.2. The van der Waals surface area contributed by atoms with E-state index < -0.39 is 22.1 Å². The number of hydrogen-bond acceptors (Lipinski definition) is 5. The average molecular weight is 366 g/mol. The van der Waals surface area contributed by atoms with Gasteiger partial charge in [-0.05, 0) is 39.0 Å². The van der Waals surface area contributed by atoms with Gasteiger partial charge in [0.2, 0.25) is 0 Å². The van der Waals surface area contributed by atoms with Crippen molar-refractivity contribution in [1.82, 2.24) is 4.47 Å². The molecule has 0 atom stereocenters. The molecule has 0 aliphatic heterocycles. The third-order valence-corrected chi connectivity index (χ3v) is 4.66. The first-order valence-electron chi connectivity index (χ1n) is 5.54. The maximum atomic E-state index is 12.2. The fourth-order valence-corrected chi connectivity index (χ4v) is 3.31. The molecule has 0 heterocycles. The lowest BCUT2D eigenvalue weighted by Gasteiger charge is -2.18. The Morgan fingerprint density at radius 3 is 2.45 bits per heavy atom. The van der Waals surface area contributed by atoms with Crippen molar-refractivity contribution in [1.29, 1.82) is 0 Å². The van der Waals surface area contributed by atoms with Gasteiger partial charge in [-0.1, -0.05) is 19.1 Å². The molecule has 0 unspecified atom stereocenters. The molecule has 1 aromatic rings.